The maximum atomic E-state index is 5.62. The fourth-order valence-electron chi connectivity index (χ4n) is 3.42. The normalized spacial score (nSPS) is 45.2. The molecular formula is C11H16O. The van der Waals surface area contributed by atoms with E-state index in [2.05, 4.69) is 6.92 Å². The zero-order valence-electron chi connectivity index (χ0n) is 7.73. The number of ether oxygens (including phenoxy) is 1. The van der Waals surface area contributed by atoms with Gasteiger partial charge in [-0.15, -0.1) is 0 Å². The van der Waals surface area contributed by atoms with Crippen molar-refractivity contribution < 1.29 is 4.74 Å². The minimum Gasteiger partial charge on any atom is -0.376 e. The average Bonchev–Trinajstić information content (AvgIpc) is 2.51. The van der Waals surface area contributed by atoms with Gasteiger partial charge in [-0.2, -0.15) is 0 Å². The molecule has 1 saturated carbocycles. The van der Waals surface area contributed by atoms with E-state index in [1.165, 1.54) is 25.7 Å². The van der Waals surface area contributed by atoms with Gasteiger partial charge in [0.15, 0.2) is 0 Å². The lowest BCUT2D eigenvalue weighted by molar-refractivity contribution is 0.111. The van der Waals surface area contributed by atoms with Gasteiger partial charge in [0.25, 0.3) is 0 Å². The quantitative estimate of drug-likeness (QED) is 0.500. The molecule has 0 N–H and O–H groups in total. The molecule has 2 fully saturated rings. The Kier molecular flexibility index (Phi) is 1.27. The van der Waals surface area contributed by atoms with Crippen LogP contribution >= 0.6 is 0 Å². The molecule has 1 heterocycles. The fraction of sp³-hybridized carbons (Fsp3) is 0.818. The molecule has 0 unspecified atom stereocenters. The first-order valence-corrected chi connectivity index (χ1v) is 5.10. The Labute approximate surface area is 73.8 Å². The number of fused-ring (bicyclic) bond motifs is 2. The summed E-state index contributed by atoms with van der Waals surface area (Å²) < 4.78 is 5.62. The van der Waals surface area contributed by atoms with E-state index >= 15 is 0 Å². The van der Waals surface area contributed by atoms with Crippen molar-refractivity contribution in [2.75, 3.05) is 13.2 Å². The SMILES string of the molecule is CC1=C2COCC23CCC1CC3. The van der Waals surface area contributed by atoms with Crippen LogP contribution in [0.2, 0.25) is 0 Å². The Bertz CT molecular complexity index is 244. The Morgan fingerprint density at radius 3 is 2.75 bits per heavy atom. The molecular weight excluding hydrogens is 148 g/mol. The van der Waals surface area contributed by atoms with E-state index in [0.29, 0.717) is 5.41 Å². The Balaban J connectivity index is 2.14. The highest BCUT2D eigenvalue weighted by atomic mass is 16.5. The van der Waals surface area contributed by atoms with Gasteiger partial charge in [0.2, 0.25) is 0 Å². The molecule has 0 atom stereocenters. The molecule has 1 aliphatic heterocycles. The second-order valence-corrected chi connectivity index (χ2v) is 4.71. The van der Waals surface area contributed by atoms with Gasteiger partial charge < -0.3 is 4.74 Å². The zero-order chi connectivity index (χ0) is 8.18. The second-order valence-electron chi connectivity index (χ2n) is 4.71. The van der Waals surface area contributed by atoms with E-state index in [0.717, 1.165) is 19.1 Å². The standard InChI is InChI=1S/C11H16O/c1-8-9-2-4-11(5-3-9)7-12-6-10(8)11/h9H,2-7H2,1H3. The van der Waals surface area contributed by atoms with Gasteiger partial charge >= 0.3 is 0 Å². The lowest BCUT2D eigenvalue weighted by atomic mass is 9.59. The van der Waals surface area contributed by atoms with Crippen molar-refractivity contribution in [2.24, 2.45) is 11.3 Å². The van der Waals surface area contributed by atoms with Crippen LogP contribution in [-0.2, 0) is 4.74 Å². The maximum Gasteiger partial charge on any atom is 0.0686 e. The Morgan fingerprint density at radius 1 is 1.33 bits per heavy atom. The summed E-state index contributed by atoms with van der Waals surface area (Å²) >= 11 is 0. The molecule has 1 saturated heterocycles. The van der Waals surface area contributed by atoms with Gasteiger partial charge in [-0.1, -0.05) is 5.57 Å². The van der Waals surface area contributed by atoms with E-state index in [4.69, 9.17) is 4.74 Å². The zero-order valence-corrected chi connectivity index (χ0v) is 7.73. The van der Waals surface area contributed by atoms with E-state index in [1.807, 2.05) is 0 Å². The van der Waals surface area contributed by atoms with Gasteiger partial charge in [0.05, 0.1) is 13.2 Å². The minimum absolute atomic E-state index is 0.527. The largest absolute Gasteiger partial charge is 0.376 e. The molecule has 0 radical (unpaired) electrons. The van der Waals surface area contributed by atoms with Crippen molar-refractivity contribution >= 4 is 0 Å². The minimum atomic E-state index is 0.527. The van der Waals surface area contributed by atoms with Crippen LogP contribution in [0.25, 0.3) is 0 Å². The van der Waals surface area contributed by atoms with Gasteiger partial charge in [0.1, 0.15) is 0 Å². The van der Waals surface area contributed by atoms with E-state index in [1.54, 1.807) is 11.1 Å². The Hall–Kier alpha value is -0.300. The second kappa shape index (κ2) is 2.14. The van der Waals surface area contributed by atoms with Crippen molar-refractivity contribution in [3.63, 3.8) is 0 Å². The van der Waals surface area contributed by atoms with Gasteiger partial charge in [-0.05, 0) is 44.1 Å². The molecule has 4 aliphatic rings. The van der Waals surface area contributed by atoms with Crippen LogP contribution in [0.15, 0.2) is 11.1 Å². The Morgan fingerprint density at radius 2 is 2.08 bits per heavy atom. The summed E-state index contributed by atoms with van der Waals surface area (Å²) in [5.74, 6) is 0.920. The summed E-state index contributed by atoms with van der Waals surface area (Å²) in [7, 11) is 0. The number of hydrogen-bond acceptors (Lipinski definition) is 1. The predicted octanol–water partition coefficient (Wildman–Crippen LogP) is 2.52. The van der Waals surface area contributed by atoms with Crippen molar-refractivity contribution in [2.45, 2.75) is 32.6 Å². The molecule has 4 rings (SSSR count). The molecule has 0 amide bonds. The highest BCUT2D eigenvalue weighted by molar-refractivity contribution is 5.32. The molecule has 0 aromatic carbocycles. The molecule has 1 spiro atoms. The molecule has 12 heavy (non-hydrogen) atoms. The van der Waals surface area contributed by atoms with Crippen LogP contribution < -0.4 is 0 Å². The third-order valence-corrected chi connectivity index (χ3v) is 4.30. The fourth-order valence-corrected chi connectivity index (χ4v) is 3.42. The van der Waals surface area contributed by atoms with Crippen LogP contribution in [0.1, 0.15) is 32.6 Å². The van der Waals surface area contributed by atoms with Gasteiger partial charge in [0, 0.05) is 5.41 Å². The number of hydrogen-bond donors (Lipinski definition) is 0. The summed E-state index contributed by atoms with van der Waals surface area (Å²) in [5, 5.41) is 0. The van der Waals surface area contributed by atoms with Crippen molar-refractivity contribution in [3.05, 3.63) is 11.1 Å². The van der Waals surface area contributed by atoms with Crippen LogP contribution in [0.4, 0.5) is 0 Å². The average molecular weight is 164 g/mol. The number of allylic oxidation sites excluding steroid dienone is 1. The topological polar surface area (TPSA) is 9.23 Å². The molecule has 0 aromatic rings. The lowest BCUT2D eigenvalue weighted by Gasteiger charge is -2.44. The van der Waals surface area contributed by atoms with Crippen molar-refractivity contribution in [1.82, 2.24) is 0 Å². The van der Waals surface area contributed by atoms with Crippen LogP contribution in [-0.4, -0.2) is 13.2 Å². The molecule has 1 nitrogen and oxygen atoms in total. The first-order valence-electron chi connectivity index (χ1n) is 5.10. The molecule has 3 aliphatic carbocycles. The third kappa shape index (κ3) is 0.687. The summed E-state index contributed by atoms with van der Waals surface area (Å²) in [6.07, 6.45) is 5.67. The van der Waals surface area contributed by atoms with E-state index in [9.17, 15) is 0 Å². The predicted molar refractivity (Wildman–Crippen MR) is 47.9 cm³/mol. The summed E-state index contributed by atoms with van der Waals surface area (Å²) in [4.78, 5) is 0. The van der Waals surface area contributed by atoms with E-state index < -0.39 is 0 Å². The van der Waals surface area contributed by atoms with Crippen LogP contribution in [0, 0.1) is 11.3 Å². The van der Waals surface area contributed by atoms with Gasteiger partial charge in [-0.3, -0.25) is 0 Å². The highest BCUT2D eigenvalue weighted by Crippen LogP contribution is 2.55. The summed E-state index contributed by atoms with van der Waals surface area (Å²) in [5.41, 5.74) is 3.90. The van der Waals surface area contributed by atoms with Crippen molar-refractivity contribution in [1.29, 1.82) is 0 Å². The molecule has 0 aromatic heterocycles. The maximum absolute atomic E-state index is 5.62. The summed E-state index contributed by atoms with van der Waals surface area (Å²) in [6.45, 7) is 4.30. The van der Waals surface area contributed by atoms with E-state index in [-0.39, 0.29) is 0 Å². The highest BCUT2D eigenvalue weighted by Gasteiger charge is 2.47. The van der Waals surface area contributed by atoms with Crippen LogP contribution in [0.3, 0.4) is 0 Å². The van der Waals surface area contributed by atoms with Gasteiger partial charge in [-0.25, -0.2) is 0 Å². The first kappa shape index (κ1) is 7.14. The summed E-state index contributed by atoms with van der Waals surface area (Å²) in [6, 6.07) is 0. The van der Waals surface area contributed by atoms with Crippen LogP contribution in [0.5, 0.6) is 0 Å². The molecule has 2 bridgehead atoms. The molecule has 66 valence electrons. The number of rotatable bonds is 0. The lowest BCUT2D eigenvalue weighted by Crippen LogP contribution is -2.35. The first-order chi connectivity index (χ1) is 5.82. The third-order valence-electron chi connectivity index (χ3n) is 4.30. The monoisotopic (exact) mass is 164 g/mol. The smallest absolute Gasteiger partial charge is 0.0686 e. The van der Waals surface area contributed by atoms with Crippen molar-refractivity contribution in [3.8, 4) is 0 Å². The molecule has 1 heteroatoms.